The predicted molar refractivity (Wildman–Crippen MR) is 186 cm³/mol. The molecule has 1 rings (SSSR count). The van der Waals surface area contributed by atoms with Gasteiger partial charge in [-0.1, -0.05) is 129 Å². The summed E-state index contributed by atoms with van der Waals surface area (Å²) < 4.78 is 10.4. The summed E-state index contributed by atoms with van der Waals surface area (Å²) in [5.74, 6) is -0.469. The molecule has 0 aromatic carbocycles. The van der Waals surface area contributed by atoms with Gasteiger partial charge in [0.05, 0.1) is 25.9 Å². The minimum absolute atomic E-state index is 0.0300. The van der Waals surface area contributed by atoms with Gasteiger partial charge < -0.3 is 14.6 Å². The van der Waals surface area contributed by atoms with Crippen LogP contribution in [0.3, 0.4) is 0 Å². The van der Waals surface area contributed by atoms with E-state index in [0.29, 0.717) is 32.6 Å². The Bertz CT molecular complexity index is 681. The minimum atomic E-state index is -0.303. The number of hydrogen-bond acceptors (Lipinski definition) is 6. The van der Waals surface area contributed by atoms with Gasteiger partial charge in [-0.15, -0.1) is 11.6 Å². The van der Waals surface area contributed by atoms with Crippen molar-refractivity contribution in [2.24, 2.45) is 0 Å². The molecular formula is C37H72ClNO5. The second-order valence-corrected chi connectivity index (χ2v) is 14.5. The highest BCUT2D eigenvalue weighted by molar-refractivity contribution is 6.26. The first-order valence-electron chi connectivity index (χ1n) is 18.3. The number of ether oxygens (including phenoxy) is 2. The van der Waals surface area contributed by atoms with E-state index >= 15 is 0 Å². The van der Waals surface area contributed by atoms with Crippen molar-refractivity contribution < 1.29 is 24.2 Å². The molecule has 0 atom stereocenters. The molecule has 0 bridgehead atoms. The van der Waals surface area contributed by atoms with E-state index in [1.165, 1.54) is 103 Å². The molecule has 44 heavy (non-hydrogen) atoms. The molecule has 1 aliphatic rings. The van der Waals surface area contributed by atoms with E-state index in [1.807, 2.05) is 0 Å². The monoisotopic (exact) mass is 646 g/mol. The number of aliphatic hydroxyl groups excluding tert-OH is 1. The topological polar surface area (TPSA) is 76.1 Å². The summed E-state index contributed by atoms with van der Waals surface area (Å²) in [6.07, 6.45) is 26.8. The van der Waals surface area contributed by atoms with E-state index in [2.05, 4.69) is 46.4 Å². The van der Waals surface area contributed by atoms with Crippen LogP contribution in [-0.2, 0) is 19.1 Å². The number of rotatable bonds is 25. The molecule has 1 N–H and O–H groups in total. The van der Waals surface area contributed by atoms with Crippen LogP contribution in [0.25, 0.3) is 0 Å². The zero-order valence-corrected chi connectivity index (χ0v) is 30.6. The quantitative estimate of drug-likeness (QED) is 0.0605. The lowest BCUT2D eigenvalue weighted by atomic mass is 9.78. The molecule has 0 unspecified atom stereocenters. The molecule has 1 saturated heterocycles. The highest BCUT2D eigenvalue weighted by Crippen LogP contribution is 2.38. The second-order valence-electron chi connectivity index (χ2n) is 14.2. The Hall–Kier alpha value is -0.850. The standard InChI is InChI=1S/C23H45NO3.C14H27ClO2/c1-6-7-8-9-10-11-12-13-14-15-16-27-21(26)19-24-22(2,3)17-20(25)18-23(24,4)5;1-2-3-4-5-6-7-8-9-10-11-12-17-14(16)13-15/h20,25H,6-19H2,1-5H3;2-13H2,1H3. The summed E-state index contributed by atoms with van der Waals surface area (Å²) in [5.41, 5.74) is -0.394. The Morgan fingerprint density at radius 2 is 0.932 bits per heavy atom. The average Bonchev–Trinajstić information content (AvgIpc) is 2.96. The van der Waals surface area contributed by atoms with Crippen molar-refractivity contribution in [3.8, 4) is 0 Å². The SMILES string of the molecule is CCCCCCCCCCCCOC(=O)CCl.CCCCCCCCCCCCOC(=O)CN1C(C)(C)CC(O)CC1(C)C. The van der Waals surface area contributed by atoms with Gasteiger partial charge in [0.1, 0.15) is 5.88 Å². The van der Waals surface area contributed by atoms with Crippen molar-refractivity contribution >= 4 is 23.5 Å². The molecule has 262 valence electrons. The molecule has 0 aromatic heterocycles. The van der Waals surface area contributed by atoms with Crippen LogP contribution in [0.15, 0.2) is 0 Å². The normalized spacial score (nSPS) is 16.3. The van der Waals surface area contributed by atoms with Gasteiger partial charge in [0.15, 0.2) is 0 Å². The summed E-state index contributed by atoms with van der Waals surface area (Å²) in [4.78, 5) is 25.2. The number of carbonyl (C=O) groups excluding carboxylic acids is 2. The molecule has 0 aliphatic carbocycles. The summed E-state index contributed by atoms with van der Waals surface area (Å²) in [7, 11) is 0. The zero-order valence-electron chi connectivity index (χ0n) is 29.9. The van der Waals surface area contributed by atoms with Crippen LogP contribution >= 0.6 is 11.6 Å². The molecule has 0 amide bonds. The van der Waals surface area contributed by atoms with Gasteiger partial charge in [0.2, 0.25) is 0 Å². The maximum atomic E-state index is 12.3. The third-order valence-electron chi connectivity index (χ3n) is 8.85. The first-order valence-corrected chi connectivity index (χ1v) is 18.9. The first kappa shape index (κ1) is 43.1. The number of alkyl halides is 1. The number of carbonyl (C=O) groups is 2. The van der Waals surface area contributed by atoms with Crippen LogP contribution in [-0.4, -0.2) is 64.8 Å². The first-order chi connectivity index (χ1) is 21.0. The smallest absolute Gasteiger partial charge is 0.320 e. The number of esters is 2. The van der Waals surface area contributed by atoms with Crippen molar-refractivity contribution in [2.45, 2.75) is 200 Å². The van der Waals surface area contributed by atoms with Crippen molar-refractivity contribution in [3.63, 3.8) is 0 Å². The number of aliphatic hydroxyl groups is 1. The number of halogens is 1. The molecular weight excluding hydrogens is 574 g/mol. The molecule has 6 nitrogen and oxygen atoms in total. The molecule has 7 heteroatoms. The number of unbranched alkanes of at least 4 members (excludes halogenated alkanes) is 18. The molecule has 1 aliphatic heterocycles. The van der Waals surface area contributed by atoms with E-state index in [0.717, 1.165) is 25.7 Å². The summed E-state index contributed by atoms with van der Waals surface area (Å²) in [6.45, 7) is 14.3. The largest absolute Gasteiger partial charge is 0.465 e. The van der Waals surface area contributed by atoms with Gasteiger partial charge in [-0.3, -0.25) is 14.5 Å². The Kier molecular flexibility index (Phi) is 26.8. The lowest BCUT2D eigenvalue weighted by molar-refractivity contribution is -0.154. The van der Waals surface area contributed by atoms with Crippen molar-refractivity contribution in [3.05, 3.63) is 0 Å². The van der Waals surface area contributed by atoms with Crippen LogP contribution in [0.2, 0.25) is 0 Å². The number of piperidine rings is 1. The third kappa shape index (κ3) is 23.5. The highest BCUT2D eigenvalue weighted by Gasteiger charge is 2.45. The molecule has 1 heterocycles. The molecule has 0 aromatic rings. The van der Waals surface area contributed by atoms with Crippen LogP contribution < -0.4 is 0 Å². The van der Waals surface area contributed by atoms with E-state index in [4.69, 9.17) is 21.1 Å². The van der Waals surface area contributed by atoms with Gasteiger partial charge in [-0.05, 0) is 53.4 Å². The van der Waals surface area contributed by atoms with Crippen molar-refractivity contribution in [1.82, 2.24) is 4.90 Å². The van der Waals surface area contributed by atoms with Crippen molar-refractivity contribution in [1.29, 1.82) is 0 Å². The third-order valence-corrected chi connectivity index (χ3v) is 9.07. The Morgan fingerprint density at radius 1 is 0.614 bits per heavy atom. The van der Waals surface area contributed by atoms with Crippen LogP contribution in [0.5, 0.6) is 0 Å². The lowest BCUT2D eigenvalue weighted by Crippen LogP contribution is -2.63. The fraction of sp³-hybridized carbons (Fsp3) is 0.946. The Morgan fingerprint density at radius 3 is 1.27 bits per heavy atom. The maximum absolute atomic E-state index is 12.3. The fourth-order valence-corrected chi connectivity index (χ4v) is 6.53. The second kappa shape index (κ2) is 27.3. The van der Waals surface area contributed by atoms with E-state index in [-0.39, 0.29) is 35.0 Å². The van der Waals surface area contributed by atoms with Crippen LogP contribution in [0.4, 0.5) is 0 Å². The van der Waals surface area contributed by atoms with Gasteiger partial charge in [0.25, 0.3) is 0 Å². The Labute approximate surface area is 277 Å². The van der Waals surface area contributed by atoms with Gasteiger partial charge in [0, 0.05) is 11.1 Å². The van der Waals surface area contributed by atoms with Crippen molar-refractivity contribution in [2.75, 3.05) is 25.6 Å². The number of likely N-dealkylation sites (tertiary alicyclic amines) is 1. The molecule has 0 saturated carbocycles. The maximum Gasteiger partial charge on any atom is 0.320 e. The minimum Gasteiger partial charge on any atom is -0.465 e. The highest BCUT2D eigenvalue weighted by atomic mass is 35.5. The average molecular weight is 646 g/mol. The van der Waals surface area contributed by atoms with Gasteiger partial charge >= 0.3 is 11.9 Å². The summed E-state index contributed by atoms with van der Waals surface area (Å²) >= 11 is 5.31. The summed E-state index contributed by atoms with van der Waals surface area (Å²) in [5, 5.41) is 10.1. The molecule has 0 radical (unpaired) electrons. The van der Waals surface area contributed by atoms with E-state index < -0.39 is 0 Å². The fourth-order valence-electron chi connectivity index (χ4n) is 6.46. The zero-order chi connectivity index (χ0) is 33.1. The molecule has 1 fully saturated rings. The van der Waals surface area contributed by atoms with Crippen LogP contribution in [0, 0.1) is 0 Å². The van der Waals surface area contributed by atoms with Crippen LogP contribution in [0.1, 0.15) is 183 Å². The van der Waals surface area contributed by atoms with E-state index in [1.54, 1.807) is 0 Å². The Balaban J connectivity index is 0.000000938. The molecule has 0 spiro atoms. The lowest BCUT2D eigenvalue weighted by Gasteiger charge is -2.53. The van der Waals surface area contributed by atoms with E-state index in [9.17, 15) is 14.7 Å². The number of hydrogen-bond donors (Lipinski definition) is 1. The predicted octanol–water partition coefficient (Wildman–Crippen LogP) is 10.2. The number of nitrogens with zero attached hydrogens (tertiary/aromatic N) is 1. The van der Waals surface area contributed by atoms with Gasteiger partial charge in [-0.2, -0.15) is 0 Å². The van der Waals surface area contributed by atoms with Gasteiger partial charge in [-0.25, -0.2) is 0 Å². The summed E-state index contributed by atoms with van der Waals surface area (Å²) in [6, 6.07) is 0.